The molecular weight excluding hydrogens is 262 g/mol. The summed E-state index contributed by atoms with van der Waals surface area (Å²) < 4.78 is 15.7. The highest BCUT2D eigenvalue weighted by molar-refractivity contribution is 5.89. The number of ether oxygens (including phenoxy) is 3. The molecule has 6 heteroatoms. The summed E-state index contributed by atoms with van der Waals surface area (Å²) in [6.45, 7) is 5.99. The highest BCUT2D eigenvalue weighted by Gasteiger charge is 2.32. The Hall–Kier alpha value is -1.14. The van der Waals surface area contributed by atoms with Crippen LogP contribution in [0.1, 0.15) is 40.0 Å². The summed E-state index contributed by atoms with van der Waals surface area (Å²) in [7, 11) is 1.29. The summed E-state index contributed by atoms with van der Waals surface area (Å²) in [6, 6.07) is 0. The van der Waals surface area contributed by atoms with Crippen LogP contribution in [-0.4, -0.2) is 49.9 Å². The zero-order chi connectivity index (χ0) is 15.2. The predicted molar refractivity (Wildman–Crippen MR) is 73.2 cm³/mol. The van der Waals surface area contributed by atoms with E-state index in [0.29, 0.717) is 6.61 Å². The lowest BCUT2D eigenvalue weighted by Gasteiger charge is -2.27. The van der Waals surface area contributed by atoms with Crippen molar-refractivity contribution in [2.24, 2.45) is 0 Å². The fourth-order valence-corrected chi connectivity index (χ4v) is 1.98. The number of esters is 1. The number of carbonyl (C=O) groups excluding carboxylic acids is 2. The van der Waals surface area contributed by atoms with Crippen molar-refractivity contribution >= 4 is 11.9 Å². The van der Waals surface area contributed by atoms with E-state index in [9.17, 15) is 9.59 Å². The van der Waals surface area contributed by atoms with Crippen molar-refractivity contribution in [2.45, 2.75) is 57.8 Å². The Bertz CT molecular complexity index is 336. The van der Waals surface area contributed by atoms with Gasteiger partial charge in [0.25, 0.3) is 0 Å². The minimum Gasteiger partial charge on any atom is -0.467 e. The van der Waals surface area contributed by atoms with Crippen molar-refractivity contribution in [3.63, 3.8) is 0 Å². The zero-order valence-electron chi connectivity index (χ0n) is 12.7. The van der Waals surface area contributed by atoms with Gasteiger partial charge in [0.2, 0.25) is 5.91 Å². The van der Waals surface area contributed by atoms with E-state index < -0.39 is 17.6 Å². The minimum absolute atomic E-state index is 0.0626. The van der Waals surface area contributed by atoms with Gasteiger partial charge in [0.15, 0.2) is 0 Å². The Kier molecular flexibility index (Phi) is 6.42. The molecule has 2 atom stereocenters. The van der Waals surface area contributed by atoms with Gasteiger partial charge in [0.05, 0.1) is 19.8 Å². The second kappa shape index (κ2) is 7.59. The average molecular weight is 287 g/mol. The number of methoxy groups -OCH3 is 1. The van der Waals surface area contributed by atoms with Crippen LogP contribution in [-0.2, 0) is 23.8 Å². The van der Waals surface area contributed by atoms with Gasteiger partial charge in [-0.2, -0.15) is 0 Å². The van der Waals surface area contributed by atoms with Gasteiger partial charge in [0, 0.05) is 6.61 Å². The summed E-state index contributed by atoms with van der Waals surface area (Å²) in [4.78, 5) is 23.5. The van der Waals surface area contributed by atoms with Crippen LogP contribution in [0.2, 0.25) is 0 Å². The number of amides is 1. The van der Waals surface area contributed by atoms with E-state index in [1.54, 1.807) is 20.8 Å². The molecule has 1 fully saturated rings. The quantitative estimate of drug-likeness (QED) is 0.739. The largest absolute Gasteiger partial charge is 0.467 e. The number of hydrogen-bond acceptors (Lipinski definition) is 5. The third-order valence-electron chi connectivity index (χ3n) is 3.31. The molecule has 1 saturated heterocycles. The SMILES string of the molecule is COC(=O)C(C)(C)NC(=O)[C@@H](C)OC[C@@H]1CCCCO1. The van der Waals surface area contributed by atoms with Crippen LogP contribution in [0.4, 0.5) is 0 Å². The third-order valence-corrected chi connectivity index (χ3v) is 3.31. The van der Waals surface area contributed by atoms with Crippen LogP contribution in [0.25, 0.3) is 0 Å². The Morgan fingerprint density at radius 1 is 1.40 bits per heavy atom. The van der Waals surface area contributed by atoms with Crippen LogP contribution in [0, 0.1) is 0 Å². The summed E-state index contributed by atoms with van der Waals surface area (Å²) >= 11 is 0. The van der Waals surface area contributed by atoms with Gasteiger partial charge in [-0.3, -0.25) is 4.79 Å². The number of rotatable bonds is 6. The maximum absolute atomic E-state index is 12.0. The van der Waals surface area contributed by atoms with Crippen molar-refractivity contribution < 1.29 is 23.8 Å². The molecule has 0 radical (unpaired) electrons. The molecule has 20 heavy (non-hydrogen) atoms. The molecule has 1 rings (SSSR count). The van der Waals surface area contributed by atoms with E-state index in [-0.39, 0.29) is 12.0 Å². The van der Waals surface area contributed by atoms with E-state index in [2.05, 4.69) is 10.1 Å². The molecular formula is C14H25NO5. The molecule has 0 aromatic heterocycles. The van der Waals surface area contributed by atoms with Gasteiger partial charge in [-0.05, 0) is 40.0 Å². The van der Waals surface area contributed by atoms with Crippen LogP contribution in [0.15, 0.2) is 0 Å². The second-order valence-electron chi connectivity index (χ2n) is 5.57. The molecule has 1 N–H and O–H groups in total. The summed E-state index contributed by atoms with van der Waals surface area (Å²) in [6.07, 6.45) is 2.60. The molecule has 0 unspecified atom stereocenters. The lowest BCUT2D eigenvalue weighted by molar-refractivity contribution is -0.151. The molecule has 0 aromatic rings. The van der Waals surface area contributed by atoms with E-state index in [0.717, 1.165) is 25.9 Å². The Morgan fingerprint density at radius 3 is 2.65 bits per heavy atom. The Labute approximate surface area is 120 Å². The highest BCUT2D eigenvalue weighted by Crippen LogP contribution is 2.13. The van der Waals surface area contributed by atoms with Crippen molar-refractivity contribution in [1.29, 1.82) is 0 Å². The average Bonchev–Trinajstić information content (AvgIpc) is 2.44. The van der Waals surface area contributed by atoms with Crippen molar-refractivity contribution in [1.82, 2.24) is 5.32 Å². The van der Waals surface area contributed by atoms with Gasteiger partial charge in [-0.15, -0.1) is 0 Å². The zero-order valence-corrected chi connectivity index (χ0v) is 12.7. The fraction of sp³-hybridized carbons (Fsp3) is 0.857. The monoisotopic (exact) mass is 287 g/mol. The molecule has 1 amide bonds. The molecule has 1 aliphatic heterocycles. The molecule has 0 aromatic carbocycles. The smallest absolute Gasteiger partial charge is 0.330 e. The Morgan fingerprint density at radius 2 is 2.10 bits per heavy atom. The van der Waals surface area contributed by atoms with Crippen molar-refractivity contribution in [2.75, 3.05) is 20.3 Å². The number of carbonyl (C=O) groups is 2. The first kappa shape index (κ1) is 16.9. The third kappa shape index (κ3) is 5.09. The van der Waals surface area contributed by atoms with Crippen LogP contribution in [0.3, 0.4) is 0 Å². The van der Waals surface area contributed by atoms with E-state index in [1.807, 2.05) is 0 Å². The first-order chi connectivity index (χ1) is 9.36. The van der Waals surface area contributed by atoms with Crippen molar-refractivity contribution in [3.05, 3.63) is 0 Å². The maximum Gasteiger partial charge on any atom is 0.330 e. The summed E-state index contributed by atoms with van der Waals surface area (Å²) in [5.41, 5.74) is -1.06. The van der Waals surface area contributed by atoms with Gasteiger partial charge < -0.3 is 19.5 Å². The molecule has 1 aliphatic rings. The van der Waals surface area contributed by atoms with Gasteiger partial charge in [0.1, 0.15) is 11.6 Å². The molecule has 0 bridgehead atoms. The van der Waals surface area contributed by atoms with Gasteiger partial charge in [-0.1, -0.05) is 0 Å². The van der Waals surface area contributed by atoms with Gasteiger partial charge >= 0.3 is 5.97 Å². The molecule has 6 nitrogen and oxygen atoms in total. The fourth-order valence-electron chi connectivity index (χ4n) is 1.98. The van der Waals surface area contributed by atoms with Crippen LogP contribution >= 0.6 is 0 Å². The van der Waals surface area contributed by atoms with E-state index >= 15 is 0 Å². The lowest BCUT2D eigenvalue weighted by Crippen LogP contribution is -2.53. The molecule has 0 aliphatic carbocycles. The highest BCUT2D eigenvalue weighted by atomic mass is 16.5. The van der Waals surface area contributed by atoms with Crippen LogP contribution in [0.5, 0.6) is 0 Å². The lowest BCUT2D eigenvalue weighted by atomic mass is 10.1. The number of nitrogens with one attached hydrogen (secondary N) is 1. The number of hydrogen-bond donors (Lipinski definition) is 1. The minimum atomic E-state index is -1.06. The first-order valence-corrected chi connectivity index (χ1v) is 7.00. The molecule has 116 valence electrons. The maximum atomic E-state index is 12.0. The van der Waals surface area contributed by atoms with E-state index in [1.165, 1.54) is 7.11 Å². The molecule has 0 spiro atoms. The topological polar surface area (TPSA) is 73.9 Å². The standard InChI is InChI=1S/C14H25NO5/c1-10(20-9-11-7-5-6-8-19-11)12(16)15-14(2,3)13(17)18-4/h10-11H,5-9H2,1-4H3,(H,15,16)/t10-,11+/m1/s1. The Balaban J connectivity index is 2.36. The van der Waals surface area contributed by atoms with Crippen molar-refractivity contribution in [3.8, 4) is 0 Å². The normalized spacial score (nSPS) is 21.1. The summed E-state index contributed by atoms with van der Waals surface area (Å²) in [5, 5.41) is 2.62. The second-order valence-corrected chi connectivity index (χ2v) is 5.57. The summed E-state index contributed by atoms with van der Waals surface area (Å²) in [5.74, 6) is -0.829. The van der Waals surface area contributed by atoms with Gasteiger partial charge in [-0.25, -0.2) is 4.79 Å². The van der Waals surface area contributed by atoms with Crippen LogP contribution < -0.4 is 5.32 Å². The van der Waals surface area contributed by atoms with E-state index in [4.69, 9.17) is 9.47 Å². The molecule has 1 heterocycles. The first-order valence-electron chi connectivity index (χ1n) is 7.00. The predicted octanol–water partition coefficient (Wildman–Crippen LogP) is 1.03. The molecule has 0 saturated carbocycles.